The first kappa shape index (κ1) is 16.3. The Hall–Kier alpha value is -2.21. The lowest BCUT2D eigenvalue weighted by Gasteiger charge is -2.23. The van der Waals surface area contributed by atoms with Gasteiger partial charge in [0.1, 0.15) is 0 Å². The van der Waals surface area contributed by atoms with Gasteiger partial charge in [-0.2, -0.15) is 0 Å². The predicted octanol–water partition coefficient (Wildman–Crippen LogP) is 3.79. The molecular weight excluding hydrogens is 336 g/mol. The van der Waals surface area contributed by atoms with Crippen molar-refractivity contribution in [2.45, 2.75) is 38.3 Å². The second-order valence-corrected chi connectivity index (χ2v) is 7.40. The lowest BCUT2D eigenvalue weighted by molar-refractivity contribution is 0.235. The van der Waals surface area contributed by atoms with E-state index in [2.05, 4.69) is 22.1 Å². The monoisotopic (exact) mass is 358 g/mol. The second kappa shape index (κ2) is 7.35. The number of urea groups is 1. The van der Waals surface area contributed by atoms with Gasteiger partial charge in [-0.15, -0.1) is 11.3 Å². The minimum atomic E-state index is -0.129. The molecule has 2 N–H and O–H groups in total. The average Bonchev–Trinajstić information content (AvgIpc) is 2.99. The van der Waals surface area contributed by atoms with E-state index >= 15 is 0 Å². The van der Waals surface area contributed by atoms with Gasteiger partial charge in [0.25, 0.3) is 0 Å². The van der Waals surface area contributed by atoms with Gasteiger partial charge in [-0.3, -0.25) is 0 Å². The number of carbonyl (C=O) groups excluding carboxylic acids is 1. The highest BCUT2D eigenvalue weighted by Gasteiger charge is 2.22. The zero-order valence-corrected chi connectivity index (χ0v) is 14.9. The first-order valence-corrected chi connectivity index (χ1v) is 9.67. The highest BCUT2D eigenvalue weighted by molar-refractivity contribution is 7.10. The largest absolute Gasteiger partial charge is 0.490 e. The van der Waals surface area contributed by atoms with Gasteiger partial charge in [-0.25, -0.2) is 4.79 Å². The van der Waals surface area contributed by atoms with Crippen molar-refractivity contribution in [3.05, 3.63) is 45.6 Å². The smallest absolute Gasteiger partial charge is 0.315 e. The molecule has 6 heteroatoms. The van der Waals surface area contributed by atoms with Crippen molar-refractivity contribution in [1.29, 1.82) is 0 Å². The molecule has 5 nitrogen and oxygen atoms in total. The Morgan fingerprint density at radius 3 is 2.96 bits per heavy atom. The minimum absolute atomic E-state index is 0.124. The highest BCUT2D eigenvalue weighted by atomic mass is 32.1. The summed E-state index contributed by atoms with van der Waals surface area (Å²) < 4.78 is 11.3. The number of benzene rings is 1. The molecule has 0 saturated carbocycles. The number of hydrogen-bond acceptors (Lipinski definition) is 4. The van der Waals surface area contributed by atoms with Crippen molar-refractivity contribution in [2.24, 2.45) is 0 Å². The van der Waals surface area contributed by atoms with Crippen LogP contribution in [-0.4, -0.2) is 19.2 Å². The number of aryl methyl sites for hydroxylation is 1. The molecule has 4 rings (SSSR count). The molecule has 1 aromatic carbocycles. The van der Waals surface area contributed by atoms with Crippen LogP contribution in [0.2, 0.25) is 0 Å². The fourth-order valence-electron chi connectivity index (χ4n) is 3.35. The summed E-state index contributed by atoms with van der Waals surface area (Å²) in [4.78, 5) is 13.7. The Morgan fingerprint density at radius 1 is 1.16 bits per heavy atom. The number of thiophene rings is 1. The maximum Gasteiger partial charge on any atom is 0.315 e. The van der Waals surface area contributed by atoms with Crippen LogP contribution < -0.4 is 20.1 Å². The van der Waals surface area contributed by atoms with E-state index in [-0.39, 0.29) is 12.1 Å². The van der Waals surface area contributed by atoms with Crippen molar-refractivity contribution in [2.75, 3.05) is 13.2 Å². The van der Waals surface area contributed by atoms with E-state index in [1.54, 1.807) is 11.3 Å². The molecule has 1 aliphatic carbocycles. The van der Waals surface area contributed by atoms with Crippen LogP contribution in [-0.2, 0) is 13.0 Å². The highest BCUT2D eigenvalue weighted by Crippen LogP contribution is 2.33. The Morgan fingerprint density at radius 2 is 2.04 bits per heavy atom. The number of carbonyl (C=O) groups is 1. The van der Waals surface area contributed by atoms with E-state index in [4.69, 9.17) is 9.47 Å². The molecule has 1 unspecified atom stereocenters. The molecule has 132 valence electrons. The summed E-state index contributed by atoms with van der Waals surface area (Å²) >= 11 is 1.78. The van der Waals surface area contributed by atoms with Gasteiger partial charge in [-0.1, -0.05) is 6.07 Å². The average molecular weight is 358 g/mol. The van der Waals surface area contributed by atoms with E-state index in [9.17, 15) is 4.79 Å². The lowest BCUT2D eigenvalue weighted by atomic mass is 9.94. The first-order valence-electron chi connectivity index (χ1n) is 8.79. The molecule has 2 aliphatic rings. The van der Waals surface area contributed by atoms with Crippen LogP contribution in [0.1, 0.15) is 41.3 Å². The van der Waals surface area contributed by atoms with Crippen LogP contribution in [0.25, 0.3) is 0 Å². The van der Waals surface area contributed by atoms with Gasteiger partial charge < -0.3 is 20.1 Å². The fourth-order valence-corrected chi connectivity index (χ4v) is 4.33. The molecule has 1 atom stereocenters. The summed E-state index contributed by atoms with van der Waals surface area (Å²) in [6, 6.07) is 7.95. The molecule has 1 aromatic heterocycles. The molecule has 0 fully saturated rings. The molecular formula is C19H22N2O3S. The Labute approximate surface area is 151 Å². The number of hydrogen-bond donors (Lipinski definition) is 2. The minimum Gasteiger partial charge on any atom is -0.490 e. The van der Waals surface area contributed by atoms with Crippen LogP contribution in [0.3, 0.4) is 0 Å². The van der Waals surface area contributed by atoms with E-state index in [0.29, 0.717) is 19.8 Å². The van der Waals surface area contributed by atoms with Crippen LogP contribution in [0.4, 0.5) is 4.79 Å². The SMILES string of the molecule is O=C(NCc1ccc2c(c1)OCCCO2)NC1CCCc2sccc21. The van der Waals surface area contributed by atoms with Gasteiger partial charge in [0, 0.05) is 17.8 Å². The zero-order valence-electron chi connectivity index (χ0n) is 14.0. The van der Waals surface area contributed by atoms with Gasteiger partial charge in [0.2, 0.25) is 0 Å². The topological polar surface area (TPSA) is 59.6 Å². The van der Waals surface area contributed by atoms with Crippen molar-refractivity contribution in [1.82, 2.24) is 10.6 Å². The maximum absolute atomic E-state index is 12.3. The summed E-state index contributed by atoms with van der Waals surface area (Å²) in [6.07, 6.45) is 4.14. The number of rotatable bonds is 3. The summed E-state index contributed by atoms with van der Waals surface area (Å²) in [5.41, 5.74) is 2.28. The molecule has 25 heavy (non-hydrogen) atoms. The molecule has 0 saturated heterocycles. The summed E-state index contributed by atoms with van der Waals surface area (Å²) in [7, 11) is 0. The lowest BCUT2D eigenvalue weighted by Crippen LogP contribution is -2.38. The molecule has 0 spiro atoms. The van der Waals surface area contributed by atoms with Crippen LogP contribution in [0.15, 0.2) is 29.6 Å². The van der Waals surface area contributed by atoms with Gasteiger partial charge in [0.05, 0.1) is 19.3 Å². The third kappa shape index (κ3) is 3.74. The van der Waals surface area contributed by atoms with Crippen LogP contribution in [0, 0.1) is 0 Å². The number of amides is 2. The number of nitrogens with one attached hydrogen (secondary N) is 2. The third-order valence-electron chi connectivity index (χ3n) is 4.62. The van der Waals surface area contributed by atoms with E-state index in [1.165, 1.54) is 10.4 Å². The molecule has 1 aliphatic heterocycles. The van der Waals surface area contributed by atoms with Crippen molar-refractivity contribution in [3.63, 3.8) is 0 Å². The van der Waals surface area contributed by atoms with E-state index in [0.717, 1.165) is 42.7 Å². The zero-order chi connectivity index (χ0) is 17.1. The number of ether oxygens (including phenoxy) is 2. The summed E-state index contributed by atoms with van der Waals surface area (Å²) in [5.74, 6) is 1.53. The molecule has 2 aromatic rings. The van der Waals surface area contributed by atoms with E-state index < -0.39 is 0 Å². The predicted molar refractivity (Wildman–Crippen MR) is 97.4 cm³/mol. The Bertz CT molecular complexity index is 759. The standard InChI is InChI=1S/C19H22N2O3S/c22-19(21-15-3-1-4-18-14(15)7-10-25-18)20-12-13-5-6-16-17(11-13)24-9-2-8-23-16/h5-7,10-11,15H,1-4,8-9,12H2,(H2,20,21,22). The van der Waals surface area contributed by atoms with Crippen molar-refractivity contribution in [3.8, 4) is 11.5 Å². The van der Waals surface area contributed by atoms with E-state index in [1.807, 2.05) is 18.2 Å². The van der Waals surface area contributed by atoms with Crippen molar-refractivity contribution >= 4 is 17.4 Å². The van der Waals surface area contributed by atoms with Gasteiger partial charge in [0.15, 0.2) is 11.5 Å². The summed E-state index contributed by atoms with van der Waals surface area (Å²) in [5, 5.41) is 8.16. The Kier molecular flexibility index (Phi) is 4.78. The quantitative estimate of drug-likeness (QED) is 0.878. The molecule has 0 radical (unpaired) electrons. The molecule has 2 amide bonds. The van der Waals surface area contributed by atoms with Gasteiger partial charge >= 0.3 is 6.03 Å². The molecule has 0 bridgehead atoms. The third-order valence-corrected chi connectivity index (χ3v) is 5.62. The Balaban J connectivity index is 1.34. The van der Waals surface area contributed by atoms with Crippen molar-refractivity contribution < 1.29 is 14.3 Å². The normalized spacial score (nSPS) is 18.8. The fraction of sp³-hybridized carbons (Fsp3) is 0.421. The number of fused-ring (bicyclic) bond motifs is 2. The summed E-state index contributed by atoms with van der Waals surface area (Å²) in [6.45, 7) is 1.81. The first-order chi connectivity index (χ1) is 12.3. The maximum atomic E-state index is 12.3. The van der Waals surface area contributed by atoms with Crippen LogP contribution in [0.5, 0.6) is 11.5 Å². The van der Waals surface area contributed by atoms with Crippen LogP contribution >= 0.6 is 11.3 Å². The van der Waals surface area contributed by atoms with Gasteiger partial charge in [-0.05, 0) is 54.0 Å². The molecule has 2 heterocycles. The second-order valence-electron chi connectivity index (χ2n) is 6.40.